The molecule has 2 aromatic heterocycles. The first-order chi connectivity index (χ1) is 8.88. The molecule has 0 radical (unpaired) electrons. The minimum atomic E-state index is 0.624. The van der Waals surface area contributed by atoms with E-state index in [1.54, 1.807) is 23.6 Å². The second kappa shape index (κ2) is 6.96. The number of anilines is 1. The second-order valence-electron chi connectivity index (χ2n) is 3.88. The normalized spacial score (nSPS) is 10.3. The zero-order valence-corrected chi connectivity index (χ0v) is 11.2. The maximum atomic E-state index is 5.46. The van der Waals surface area contributed by atoms with E-state index in [0.717, 1.165) is 19.4 Å². The van der Waals surface area contributed by atoms with Crippen molar-refractivity contribution in [2.45, 2.75) is 19.8 Å². The van der Waals surface area contributed by atoms with Gasteiger partial charge in [0.25, 0.3) is 0 Å². The Kier molecular flexibility index (Phi) is 4.96. The van der Waals surface area contributed by atoms with Crippen molar-refractivity contribution in [3.63, 3.8) is 0 Å². The van der Waals surface area contributed by atoms with E-state index in [2.05, 4.69) is 39.0 Å². The van der Waals surface area contributed by atoms with Crippen LogP contribution in [0.4, 0.5) is 5.95 Å². The fourth-order valence-corrected chi connectivity index (χ4v) is 2.17. The minimum absolute atomic E-state index is 0.624. The highest BCUT2D eigenvalue weighted by Crippen LogP contribution is 2.10. The van der Waals surface area contributed by atoms with Gasteiger partial charge in [0, 0.05) is 18.8 Å². The lowest BCUT2D eigenvalue weighted by atomic mass is 10.2. The van der Waals surface area contributed by atoms with Crippen molar-refractivity contribution in [3.8, 4) is 5.88 Å². The van der Waals surface area contributed by atoms with Gasteiger partial charge in [-0.25, -0.2) is 4.98 Å². The van der Waals surface area contributed by atoms with E-state index < -0.39 is 0 Å². The van der Waals surface area contributed by atoms with Crippen LogP contribution in [0.2, 0.25) is 0 Å². The fourth-order valence-electron chi connectivity index (χ4n) is 1.47. The number of hydrogen-bond donors (Lipinski definition) is 1. The second-order valence-corrected chi connectivity index (χ2v) is 4.66. The van der Waals surface area contributed by atoms with Gasteiger partial charge in [0.2, 0.25) is 11.8 Å². The topological polar surface area (TPSA) is 47.0 Å². The molecule has 0 fully saturated rings. The maximum absolute atomic E-state index is 5.46. The molecule has 18 heavy (non-hydrogen) atoms. The average Bonchev–Trinajstić information content (AvgIpc) is 2.90. The molecule has 0 saturated carbocycles. The predicted molar refractivity (Wildman–Crippen MR) is 74.3 cm³/mol. The summed E-state index contributed by atoms with van der Waals surface area (Å²) < 4.78 is 5.46. The van der Waals surface area contributed by atoms with E-state index in [1.807, 2.05) is 0 Å². The third-order valence-corrected chi connectivity index (χ3v) is 3.09. The average molecular weight is 263 g/mol. The number of thiophene rings is 1. The monoisotopic (exact) mass is 263 g/mol. The molecule has 0 spiro atoms. The molecule has 4 nitrogen and oxygen atoms in total. The molecule has 96 valence electrons. The SMILES string of the molecule is CCCOc1ccnc(NCCc2ccsc2)n1. The van der Waals surface area contributed by atoms with Crippen molar-refractivity contribution >= 4 is 17.3 Å². The maximum Gasteiger partial charge on any atom is 0.225 e. The fraction of sp³-hybridized carbons (Fsp3) is 0.385. The van der Waals surface area contributed by atoms with Crippen LogP contribution >= 0.6 is 11.3 Å². The largest absolute Gasteiger partial charge is 0.478 e. The summed E-state index contributed by atoms with van der Waals surface area (Å²) in [6.45, 7) is 3.58. The highest BCUT2D eigenvalue weighted by molar-refractivity contribution is 7.07. The summed E-state index contributed by atoms with van der Waals surface area (Å²) in [7, 11) is 0. The van der Waals surface area contributed by atoms with Crippen LogP contribution in [0.1, 0.15) is 18.9 Å². The van der Waals surface area contributed by atoms with Crippen molar-refractivity contribution in [1.82, 2.24) is 9.97 Å². The number of hydrogen-bond acceptors (Lipinski definition) is 5. The first-order valence-electron chi connectivity index (χ1n) is 6.09. The Hall–Kier alpha value is -1.62. The van der Waals surface area contributed by atoms with Gasteiger partial charge in [-0.3, -0.25) is 0 Å². The van der Waals surface area contributed by atoms with E-state index in [4.69, 9.17) is 4.74 Å². The minimum Gasteiger partial charge on any atom is -0.478 e. The van der Waals surface area contributed by atoms with Crippen LogP contribution in [0, 0.1) is 0 Å². The van der Waals surface area contributed by atoms with Crippen molar-refractivity contribution < 1.29 is 4.74 Å². The first kappa shape index (κ1) is 12.8. The van der Waals surface area contributed by atoms with Crippen LogP contribution < -0.4 is 10.1 Å². The summed E-state index contributed by atoms with van der Waals surface area (Å²) in [5.41, 5.74) is 1.34. The standard InChI is InChI=1S/C13H17N3OS/c1-2-8-17-12-4-7-15-13(16-12)14-6-3-11-5-9-18-10-11/h4-5,7,9-10H,2-3,6,8H2,1H3,(H,14,15,16). The number of rotatable bonds is 7. The van der Waals surface area contributed by atoms with Gasteiger partial charge in [-0.1, -0.05) is 6.92 Å². The molecule has 0 aliphatic carbocycles. The lowest BCUT2D eigenvalue weighted by molar-refractivity contribution is 0.305. The Morgan fingerprint density at radius 2 is 2.33 bits per heavy atom. The van der Waals surface area contributed by atoms with Gasteiger partial charge in [0.05, 0.1) is 6.61 Å². The molecule has 0 aliphatic rings. The predicted octanol–water partition coefficient (Wildman–Crippen LogP) is 2.98. The molecular formula is C13H17N3OS. The van der Waals surface area contributed by atoms with Gasteiger partial charge in [-0.05, 0) is 35.2 Å². The number of ether oxygens (including phenoxy) is 1. The number of aromatic nitrogens is 2. The van der Waals surface area contributed by atoms with Crippen LogP contribution in [-0.2, 0) is 6.42 Å². The van der Waals surface area contributed by atoms with Crippen LogP contribution in [0.25, 0.3) is 0 Å². The smallest absolute Gasteiger partial charge is 0.225 e. The quantitative estimate of drug-likeness (QED) is 0.834. The lowest BCUT2D eigenvalue weighted by Crippen LogP contribution is -2.08. The summed E-state index contributed by atoms with van der Waals surface area (Å²) in [6.07, 6.45) is 3.67. The molecule has 0 aromatic carbocycles. The van der Waals surface area contributed by atoms with Crippen LogP contribution in [0.3, 0.4) is 0 Å². The number of nitrogens with zero attached hydrogens (tertiary/aromatic N) is 2. The molecule has 0 aliphatic heterocycles. The Bertz CT molecular complexity index is 459. The molecule has 0 unspecified atom stereocenters. The van der Waals surface area contributed by atoms with Gasteiger partial charge < -0.3 is 10.1 Å². The Labute approximate surface area is 111 Å². The molecule has 2 heterocycles. The van der Waals surface area contributed by atoms with E-state index in [1.165, 1.54) is 5.56 Å². The van der Waals surface area contributed by atoms with Crippen molar-refractivity contribution in [2.24, 2.45) is 0 Å². The third kappa shape index (κ3) is 4.00. The summed E-state index contributed by atoms with van der Waals surface area (Å²) in [6, 6.07) is 3.91. The highest BCUT2D eigenvalue weighted by Gasteiger charge is 1.99. The Balaban J connectivity index is 1.81. The molecule has 0 saturated heterocycles. The molecule has 2 rings (SSSR count). The zero-order valence-electron chi connectivity index (χ0n) is 10.4. The summed E-state index contributed by atoms with van der Waals surface area (Å²) >= 11 is 1.72. The van der Waals surface area contributed by atoms with Crippen LogP contribution in [0.5, 0.6) is 5.88 Å². The van der Waals surface area contributed by atoms with Crippen LogP contribution in [0.15, 0.2) is 29.1 Å². The molecule has 5 heteroatoms. The van der Waals surface area contributed by atoms with E-state index >= 15 is 0 Å². The van der Waals surface area contributed by atoms with Gasteiger partial charge in [-0.15, -0.1) is 0 Å². The molecule has 1 N–H and O–H groups in total. The highest BCUT2D eigenvalue weighted by atomic mass is 32.1. The molecule has 0 amide bonds. The van der Waals surface area contributed by atoms with Crippen molar-refractivity contribution in [1.29, 1.82) is 0 Å². The van der Waals surface area contributed by atoms with E-state index in [0.29, 0.717) is 18.4 Å². The molecule has 0 bridgehead atoms. The van der Waals surface area contributed by atoms with Crippen molar-refractivity contribution in [3.05, 3.63) is 34.7 Å². The molecule has 0 atom stereocenters. The van der Waals surface area contributed by atoms with Crippen LogP contribution in [-0.4, -0.2) is 23.1 Å². The van der Waals surface area contributed by atoms with Gasteiger partial charge in [0.15, 0.2) is 0 Å². The van der Waals surface area contributed by atoms with Gasteiger partial charge in [0.1, 0.15) is 0 Å². The molecular weight excluding hydrogens is 246 g/mol. The van der Waals surface area contributed by atoms with E-state index in [-0.39, 0.29) is 0 Å². The summed E-state index contributed by atoms with van der Waals surface area (Å²) in [5.74, 6) is 1.25. The van der Waals surface area contributed by atoms with Crippen molar-refractivity contribution in [2.75, 3.05) is 18.5 Å². The number of nitrogens with one attached hydrogen (secondary N) is 1. The zero-order chi connectivity index (χ0) is 12.6. The Morgan fingerprint density at radius 3 is 3.11 bits per heavy atom. The lowest BCUT2D eigenvalue weighted by Gasteiger charge is -2.06. The van der Waals surface area contributed by atoms with Gasteiger partial charge >= 0.3 is 0 Å². The Morgan fingerprint density at radius 1 is 1.39 bits per heavy atom. The third-order valence-electron chi connectivity index (χ3n) is 2.36. The molecule has 2 aromatic rings. The first-order valence-corrected chi connectivity index (χ1v) is 7.03. The van der Waals surface area contributed by atoms with Gasteiger partial charge in [-0.2, -0.15) is 16.3 Å². The van der Waals surface area contributed by atoms with E-state index in [9.17, 15) is 0 Å². The summed E-state index contributed by atoms with van der Waals surface area (Å²) in [5, 5.41) is 7.45. The summed E-state index contributed by atoms with van der Waals surface area (Å²) in [4.78, 5) is 8.45.